The molecule has 1 heterocycles. The van der Waals surface area contributed by atoms with Crippen LogP contribution < -0.4 is 0 Å². The molecule has 2 nitrogen and oxygen atoms in total. The summed E-state index contributed by atoms with van der Waals surface area (Å²) < 4.78 is 0. The zero-order chi connectivity index (χ0) is 8.97. The van der Waals surface area contributed by atoms with Gasteiger partial charge in [0, 0.05) is 12.3 Å². The molecule has 1 rings (SSSR count). The summed E-state index contributed by atoms with van der Waals surface area (Å²) in [5.41, 5.74) is 1.81. The number of allylic oxidation sites excluding steroid dienone is 1. The van der Waals surface area contributed by atoms with Crippen molar-refractivity contribution in [2.24, 2.45) is 0 Å². The van der Waals surface area contributed by atoms with Crippen LogP contribution in [0.1, 0.15) is 11.3 Å². The van der Waals surface area contributed by atoms with Gasteiger partial charge in [0.25, 0.3) is 0 Å². The minimum atomic E-state index is 0.136. The Morgan fingerprint density at radius 3 is 3.00 bits per heavy atom. The molecule has 0 radical (unpaired) electrons. The first-order chi connectivity index (χ1) is 5.74. The van der Waals surface area contributed by atoms with Gasteiger partial charge < -0.3 is 5.11 Å². The van der Waals surface area contributed by atoms with Crippen LogP contribution in [0.2, 0.25) is 0 Å². The van der Waals surface area contributed by atoms with E-state index >= 15 is 0 Å². The van der Waals surface area contributed by atoms with Crippen LogP contribution in [0.15, 0.2) is 36.7 Å². The lowest BCUT2D eigenvalue weighted by Gasteiger charge is -1.97. The maximum absolute atomic E-state index is 9.14. The molecule has 0 aliphatic heterocycles. The Bertz CT molecular complexity index is 315. The number of rotatable bonds is 2. The smallest absolute Gasteiger partial charge is 0.117 e. The first-order valence-corrected chi connectivity index (χ1v) is 3.69. The third kappa shape index (κ3) is 1.95. The maximum Gasteiger partial charge on any atom is 0.117 e. The highest BCUT2D eigenvalue weighted by Crippen LogP contribution is 2.07. The zero-order valence-electron chi connectivity index (χ0n) is 6.99. The van der Waals surface area contributed by atoms with Crippen molar-refractivity contribution in [3.63, 3.8) is 0 Å². The van der Waals surface area contributed by atoms with Crippen LogP contribution in [-0.4, -0.2) is 10.1 Å². The van der Waals surface area contributed by atoms with Crippen LogP contribution in [0.25, 0.3) is 6.08 Å². The van der Waals surface area contributed by atoms with Crippen molar-refractivity contribution in [3.05, 3.63) is 48.0 Å². The first-order valence-electron chi connectivity index (χ1n) is 3.69. The molecule has 1 N–H and O–H groups in total. The fourth-order valence-electron chi connectivity index (χ4n) is 0.848. The molecular formula is C10H11NO. The Labute approximate surface area is 71.9 Å². The standard InChI is InChI=1S/C10H11NO/c1-3-9(12)7-10-8(2)5-4-6-11-10/h3-7,12H,1H2,2H3/b9-7+. The van der Waals surface area contributed by atoms with E-state index in [4.69, 9.17) is 5.11 Å². The quantitative estimate of drug-likeness (QED) is 0.534. The van der Waals surface area contributed by atoms with Crippen LogP contribution in [0.3, 0.4) is 0 Å². The van der Waals surface area contributed by atoms with E-state index in [1.807, 2.05) is 19.1 Å². The summed E-state index contributed by atoms with van der Waals surface area (Å²) in [7, 11) is 0. The summed E-state index contributed by atoms with van der Waals surface area (Å²) in [6, 6.07) is 3.80. The van der Waals surface area contributed by atoms with Crippen LogP contribution in [0, 0.1) is 6.92 Å². The molecule has 2 heteroatoms. The van der Waals surface area contributed by atoms with E-state index < -0.39 is 0 Å². The van der Waals surface area contributed by atoms with Gasteiger partial charge in [-0.2, -0.15) is 0 Å². The summed E-state index contributed by atoms with van der Waals surface area (Å²) >= 11 is 0. The van der Waals surface area contributed by atoms with Gasteiger partial charge in [-0.1, -0.05) is 12.6 Å². The Morgan fingerprint density at radius 1 is 1.67 bits per heavy atom. The second-order valence-corrected chi connectivity index (χ2v) is 2.48. The molecule has 0 aliphatic rings. The number of aromatic nitrogens is 1. The molecular weight excluding hydrogens is 150 g/mol. The van der Waals surface area contributed by atoms with Crippen molar-refractivity contribution in [3.8, 4) is 0 Å². The zero-order valence-corrected chi connectivity index (χ0v) is 6.99. The average molecular weight is 161 g/mol. The summed E-state index contributed by atoms with van der Waals surface area (Å²) in [6.07, 6.45) is 4.66. The number of aliphatic hydroxyl groups is 1. The van der Waals surface area contributed by atoms with Crippen molar-refractivity contribution in [2.75, 3.05) is 0 Å². The number of aliphatic hydroxyl groups excluding tert-OH is 1. The highest BCUT2D eigenvalue weighted by Gasteiger charge is 1.94. The van der Waals surface area contributed by atoms with E-state index in [1.54, 1.807) is 12.3 Å². The van der Waals surface area contributed by atoms with Crippen molar-refractivity contribution >= 4 is 6.08 Å². The van der Waals surface area contributed by atoms with E-state index in [-0.39, 0.29) is 5.76 Å². The Morgan fingerprint density at radius 2 is 2.42 bits per heavy atom. The third-order valence-corrected chi connectivity index (χ3v) is 1.54. The SMILES string of the molecule is C=C/C(O)=C\c1ncccc1C. The molecule has 1 aromatic heterocycles. The van der Waals surface area contributed by atoms with Crippen LogP contribution >= 0.6 is 0 Å². The molecule has 0 spiro atoms. The van der Waals surface area contributed by atoms with Crippen LogP contribution in [-0.2, 0) is 0 Å². The van der Waals surface area contributed by atoms with E-state index in [0.29, 0.717) is 0 Å². The number of hydrogen-bond acceptors (Lipinski definition) is 2. The highest BCUT2D eigenvalue weighted by atomic mass is 16.3. The summed E-state index contributed by atoms with van der Waals surface area (Å²) in [5, 5.41) is 9.14. The van der Waals surface area contributed by atoms with Gasteiger partial charge in [-0.15, -0.1) is 0 Å². The second kappa shape index (κ2) is 3.72. The third-order valence-electron chi connectivity index (χ3n) is 1.54. The number of aryl methyl sites for hydroxylation is 1. The molecule has 0 saturated heterocycles. The van der Waals surface area contributed by atoms with Gasteiger partial charge in [0.2, 0.25) is 0 Å². The van der Waals surface area contributed by atoms with Gasteiger partial charge >= 0.3 is 0 Å². The minimum Gasteiger partial charge on any atom is -0.508 e. The van der Waals surface area contributed by atoms with Gasteiger partial charge in [-0.25, -0.2) is 0 Å². The van der Waals surface area contributed by atoms with Gasteiger partial charge in [0.05, 0.1) is 5.69 Å². The van der Waals surface area contributed by atoms with E-state index in [1.165, 1.54) is 6.08 Å². The Balaban J connectivity index is 3.04. The normalized spacial score (nSPS) is 11.2. The first kappa shape index (κ1) is 8.53. The monoisotopic (exact) mass is 161 g/mol. The summed E-state index contributed by atoms with van der Waals surface area (Å²) in [4.78, 5) is 4.08. The van der Waals surface area contributed by atoms with Crippen LogP contribution in [0.5, 0.6) is 0 Å². The molecule has 0 saturated carbocycles. The highest BCUT2D eigenvalue weighted by molar-refractivity contribution is 5.52. The fraction of sp³-hybridized carbons (Fsp3) is 0.100. The molecule has 0 bridgehead atoms. The topological polar surface area (TPSA) is 33.1 Å². The molecule has 0 atom stereocenters. The maximum atomic E-state index is 9.14. The Kier molecular flexibility index (Phi) is 2.64. The molecule has 0 aliphatic carbocycles. The molecule has 1 aromatic rings. The molecule has 0 amide bonds. The molecule has 0 fully saturated rings. The molecule has 0 aromatic carbocycles. The van der Waals surface area contributed by atoms with Crippen molar-refractivity contribution < 1.29 is 5.11 Å². The predicted molar refractivity (Wildman–Crippen MR) is 49.8 cm³/mol. The largest absolute Gasteiger partial charge is 0.508 e. The van der Waals surface area contributed by atoms with Crippen molar-refractivity contribution in [1.29, 1.82) is 0 Å². The van der Waals surface area contributed by atoms with Gasteiger partial charge in [0.15, 0.2) is 0 Å². The summed E-state index contributed by atoms with van der Waals surface area (Å²) in [5.74, 6) is 0.136. The van der Waals surface area contributed by atoms with E-state index in [9.17, 15) is 0 Å². The molecule has 0 unspecified atom stereocenters. The lowest BCUT2D eigenvalue weighted by atomic mass is 10.2. The van der Waals surface area contributed by atoms with Crippen molar-refractivity contribution in [1.82, 2.24) is 4.98 Å². The lowest BCUT2D eigenvalue weighted by Crippen LogP contribution is -1.85. The van der Waals surface area contributed by atoms with E-state index in [0.717, 1.165) is 11.3 Å². The van der Waals surface area contributed by atoms with Crippen molar-refractivity contribution in [2.45, 2.75) is 6.92 Å². The predicted octanol–water partition coefficient (Wildman–Crippen LogP) is 2.47. The van der Waals surface area contributed by atoms with Gasteiger partial charge in [0.1, 0.15) is 5.76 Å². The summed E-state index contributed by atoms with van der Waals surface area (Å²) in [6.45, 7) is 5.38. The van der Waals surface area contributed by atoms with Gasteiger partial charge in [-0.05, 0) is 24.6 Å². The van der Waals surface area contributed by atoms with E-state index in [2.05, 4.69) is 11.6 Å². The number of pyridine rings is 1. The Hall–Kier alpha value is -1.57. The fourth-order valence-corrected chi connectivity index (χ4v) is 0.848. The molecule has 62 valence electrons. The van der Waals surface area contributed by atoms with Crippen LogP contribution in [0.4, 0.5) is 0 Å². The van der Waals surface area contributed by atoms with Gasteiger partial charge in [-0.3, -0.25) is 4.98 Å². The lowest BCUT2D eigenvalue weighted by molar-refractivity contribution is 0.438. The average Bonchev–Trinajstić information content (AvgIpc) is 2.09. The minimum absolute atomic E-state index is 0.136. The second-order valence-electron chi connectivity index (χ2n) is 2.48. The number of nitrogens with zero attached hydrogens (tertiary/aromatic N) is 1. The number of hydrogen-bond donors (Lipinski definition) is 1. The molecule has 12 heavy (non-hydrogen) atoms.